The molecule has 0 aromatic carbocycles. The van der Waals surface area contributed by atoms with Crippen LogP contribution in [-0.4, -0.2) is 46.9 Å². The first kappa shape index (κ1) is 55.8. The molecule has 0 saturated heterocycles. The Morgan fingerprint density at radius 1 is 0.508 bits per heavy atom. The smallest absolute Gasteiger partial charge is 0.306 e. The van der Waals surface area contributed by atoms with E-state index >= 15 is 0 Å². The average molecular weight is 820 g/mol. The third kappa shape index (κ3) is 41.3. The fourth-order valence-electron chi connectivity index (χ4n) is 6.61. The molecule has 6 heteroatoms. The molecule has 0 rings (SSSR count). The van der Waals surface area contributed by atoms with Gasteiger partial charge in [-0.1, -0.05) is 195 Å². The molecule has 59 heavy (non-hydrogen) atoms. The minimum atomic E-state index is -0.807. The molecule has 0 spiro atoms. The van der Waals surface area contributed by atoms with Crippen LogP contribution in [0.15, 0.2) is 97.2 Å². The van der Waals surface area contributed by atoms with Crippen molar-refractivity contribution in [2.45, 2.75) is 219 Å². The van der Waals surface area contributed by atoms with E-state index in [0.717, 1.165) is 109 Å². The van der Waals surface area contributed by atoms with Crippen LogP contribution in [0.2, 0.25) is 0 Å². The zero-order valence-electron chi connectivity index (χ0n) is 38.1. The molecule has 0 heterocycles. The number of unbranched alkanes of at least 4 members (excludes halogenated alkanes) is 13. The number of ether oxygens (including phenoxy) is 1. The summed E-state index contributed by atoms with van der Waals surface area (Å²) in [5.41, 5.74) is 0. The maximum Gasteiger partial charge on any atom is 0.306 e. The standard InChI is InChI=1S/C53H89NO5/c1-4-7-10-13-16-19-21-23-24-25-26-27-28-29-31-34-37-40-43-46-53(58)59-49(44-41-38-35-33-30-22-20-17-14-11-8-5-2)47-52(57)54-50(48-55)51(56)45-42-39-36-32-18-15-12-9-6-3/h7-8,10-11,16-17,19-20,23-24,26-27,29,31,37,40,49-51,55-56H,4-6,9,12-15,18,21-22,25,28,30,32-36,38-39,41-48H2,1-3H3,(H,54,57)/b10-7-,11-8+,19-16-,20-17+,24-23-,27-26-,31-29-,40-37-. The van der Waals surface area contributed by atoms with Crippen molar-refractivity contribution in [2.24, 2.45) is 0 Å². The summed E-state index contributed by atoms with van der Waals surface area (Å²) in [4.78, 5) is 26.0. The first-order valence-electron chi connectivity index (χ1n) is 24.0. The van der Waals surface area contributed by atoms with Gasteiger partial charge >= 0.3 is 5.97 Å². The van der Waals surface area contributed by atoms with Crippen LogP contribution in [0.5, 0.6) is 0 Å². The van der Waals surface area contributed by atoms with Crippen LogP contribution in [0.25, 0.3) is 0 Å². The lowest BCUT2D eigenvalue weighted by molar-refractivity contribution is -0.150. The number of carbonyl (C=O) groups is 2. The average Bonchev–Trinajstić information content (AvgIpc) is 3.23. The molecule has 3 unspecified atom stereocenters. The summed E-state index contributed by atoms with van der Waals surface area (Å²) in [7, 11) is 0. The van der Waals surface area contributed by atoms with Crippen molar-refractivity contribution in [2.75, 3.05) is 6.61 Å². The molecule has 0 bridgehead atoms. The maximum atomic E-state index is 13.1. The number of hydrogen-bond donors (Lipinski definition) is 3. The van der Waals surface area contributed by atoms with Crippen molar-refractivity contribution < 1.29 is 24.5 Å². The van der Waals surface area contributed by atoms with E-state index in [1.54, 1.807) is 0 Å². The lowest BCUT2D eigenvalue weighted by Gasteiger charge is -2.24. The summed E-state index contributed by atoms with van der Waals surface area (Å²) < 4.78 is 5.86. The third-order valence-electron chi connectivity index (χ3n) is 10.2. The Bertz CT molecular complexity index is 1190. The van der Waals surface area contributed by atoms with Gasteiger partial charge in [0.2, 0.25) is 5.91 Å². The fourth-order valence-corrected chi connectivity index (χ4v) is 6.61. The number of nitrogens with one attached hydrogen (secondary N) is 1. The summed E-state index contributed by atoms with van der Waals surface area (Å²) in [6.07, 6.45) is 60.5. The lowest BCUT2D eigenvalue weighted by Crippen LogP contribution is -2.46. The molecule has 0 fully saturated rings. The van der Waals surface area contributed by atoms with E-state index in [-0.39, 0.29) is 31.3 Å². The molecular weight excluding hydrogens is 731 g/mol. The van der Waals surface area contributed by atoms with Gasteiger partial charge in [-0.3, -0.25) is 9.59 Å². The number of esters is 1. The lowest BCUT2D eigenvalue weighted by atomic mass is 10.0. The van der Waals surface area contributed by atoms with Crippen LogP contribution >= 0.6 is 0 Å². The molecule has 3 atom stereocenters. The van der Waals surface area contributed by atoms with Crippen molar-refractivity contribution in [3.63, 3.8) is 0 Å². The second kappa shape index (κ2) is 45.9. The molecule has 0 aromatic rings. The number of aliphatic hydroxyl groups is 2. The molecule has 0 aromatic heterocycles. The van der Waals surface area contributed by atoms with Gasteiger partial charge in [0.15, 0.2) is 0 Å². The molecule has 0 radical (unpaired) electrons. The zero-order chi connectivity index (χ0) is 43.1. The van der Waals surface area contributed by atoms with Crippen LogP contribution in [0, 0.1) is 0 Å². The highest BCUT2D eigenvalue weighted by atomic mass is 16.5. The molecular formula is C53H89NO5. The molecule has 0 aliphatic carbocycles. The molecule has 0 saturated carbocycles. The highest BCUT2D eigenvalue weighted by Gasteiger charge is 2.24. The number of aliphatic hydroxyl groups excluding tert-OH is 2. The van der Waals surface area contributed by atoms with Crippen LogP contribution in [0.1, 0.15) is 201 Å². The van der Waals surface area contributed by atoms with Gasteiger partial charge in [0.25, 0.3) is 0 Å². The summed E-state index contributed by atoms with van der Waals surface area (Å²) in [5, 5.41) is 23.6. The van der Waals surface area contributed by atoms with Crippen LogP contribution in [0.4, 0.5) is 0 Å². The Balaban J connectivity index is 4.72. The minimum Gasteiger partial charge on any atom is -0.462 e. The van der Waals surface area contributed by atoms with Gasteiger partial charge in [0.1, 0.15) is 6.10 Å². The normalized spacial score (nSPS) is 14.2. The van der Waals surface area contributed by atoms with Crippen LogP contribution in [-0.2, 0) is 14.3 Å². The van der Waals surface area contributed by atoms with E-state index < -0.39 is 18.2 Å². The van der Waals surface area contributed by atoms with Crippen molar-refractivity contribution in [3.8, 4) is 0 Å². The molecule has 0 aliphatic heterocycles. The third-order valence-corrected chi connectivity index (χ3v) is 10.2. The van der Waals surface area contributed by atoms with Gasteiger partial charge in [-0.15, -0.1) is 0 Å². The van der Waals surface area contributed by atoms with Gasteiger partial charge in [-0.2, -0.15) is 0 Å². The van der Waals surface area contributed by atoms with E-state index in [1.165, 1.54) is 38.5 Å². The van der Waals surface area contributed by atoms with Gasteiger partial charge < -0.3 is 20.3 Å². The first-order chi connectivity index (χ1) is 29.0. The van der Waals surface area contributed by atoms with Gasteiger partial charge in [-0.05, 0) is 89.9 Å². The van der Waals surface area contributed by atoms with E-state index in [9.17, 15) is 19.8 Å². The number of allylic oxidation sites excluding steroid dienone is 16. The van der Waals surface area contributed by atoms with Crippen LogP contribution in [0.3, 0.4) is 0 Å². The number of hydrogen-bond acceptors (Lipinski definition) is 5. The predicted octanol–water partition coefficient (Wildman–Crippen LogP) is 14.2. The topological polar surface area (TPSA) is 95.9 Å². The quantitative estimate of drug-likeness (QED) is 0.0324. The second-order valence-corrected chi connectivity index (χ2v) is 15.7. The largest absolute Gasteiger partial charge is 0.462 e. The Kier molecular flexibility index (Phi) is 43.4. The minimum absolute atomic E-state index is 0.0319. The first-order valence-corrected chi connectivity index (χ1v) is 24.0. The highest BCUT2D eigenvalue weighted by Crippen LogP contribution is 2.16. The Labute approximate surface area is 363 Å². The van der Waals surface area contributed by atoms with E-state index in [2.05, 4.69) is 117 Å². The van der Waals surface area contributed by atoms with E-state index in [4.69, 9.17) is 4.74 Å². The molecule has 6 nitrogen and oxygen atoms in total. The summed E-state index contributed by atoms with van der Waals surface area (Å²) in [6, 6.07) is -0.724. The second-order valence-electron chi connectivity index (χ2n) is 15.7. The Hall–Kier alpha value is -3.22. The summed E-state index contributed by atoms with van der Waals surface area (Å²) in [5.74, 6) is -0.600. The van der Waals surface area contributed by atoms with Crippen molar-refractivity contribution >= 4 is 11.9 Å². The number of rotatable bonds is 41. The highest BCUT2D eigenvalue weighted by molar-refractivity contribution is 5.77. The van der Waals surface area contributed by atoms with Crippen LogP contribution < -0.4 is 5.32 Å². The molecule has 0 aliphatic rings. The monoisotopic (exact) mass is 820 g/mol. The number of amides is 1. The van der Waals surface area contributed by atoms with Crippen molar-refractivity contribution in [1.82, 2.24) is 5.32 Å². The van der Waals surface area contributed by atoms with Gasteiger partial charge in [-0.25, -0.2) is 0 Å². The molecule has 1 amide bonds. The summed E-state index contributed by atoms with van der Waals surface area (Å²) in [6.45, 7) is 6.20. The fraction of sp³-hybridized carbons (Fsp3) is 0.660. The van der Waals surface area contributed by atoms with E-state index in [0.29, 0.717) is 19.3 Å². The van der Waals surface area contributed by atoms with Gasteiger partial charge in [0, 0.05) is 6.42 Å². The number of carbonyl (C=O) groups excluding carboxylic acids is 2. The molecule has 336 valence electrons. The Morgan fingerprint density at radius 2 is 0.915 bits per heavy atom. The maximum absolute atomic E-state index is 13.1. The Morgan fingerprint density at radius 3 is 1.39 bits per heavy atom. The van der Waals surface area contributed by atoms with Gasteiger partial charge in [0.05, 0.1) is 25.2 Å². The van der Waals surface area contributed by atoms with E-state index in [1.807, 2.05) is 6.08 Å². The predicted molar refractivity (Wildman–Crippen MR) is 254 cm³/mol. The molecule has 3 N–H and O–H groups in total. The van der Waals surface area contributed by atoms with Crippen molar-refractivity contribution in [3.05, 3.63) is 97.2 Å². The SMILES string of the molecule is CC/C=C\C/C=C\C/C=C\C/C=C\C/C=C\C/C=C\CCC(=O)OC(CCCCCCC/C=C/C/C=C/CC)CC(=O)NC(CO)C(O)CCCCCCCCCCC. The van der Waals surface area contributed by atoms with Crippen molar-refractivity contribution in [1.29, 1.82) is 0 Å². The summed E-state index contributed by atoms with van der Waals surface area (Å²) >= 11 is 0. The zero-order valence-corrected chi connectivity index (χ0v) is 38.1.